The van der Waals surface area contributed by atoms with Gasteiger partial charge in [-0.05, 0) is 18.2 Å². The third kappa shape index (κ3) is 2.12. The molecule has 1 unspecified atom stereocenters. The summed E-state index contributed by atoms with van der Waals surface area (Å²) < 4.78 is 6.15. The largest absolute Gasteiger partial charge is 0.490 e. The van der Waals surface area contributed by atoms with Crippen LogP contribution in [0.3, 0.4) is 0 Å². The molecule has 1 aliphatic rings. The molecule has 0 spiro atoms. The summed E-state index contributed by atoms with van der Waals surface area (Å²) in [7, 11) is 1.46. The van der Waals surface area contributed by atoms with Crippen LogP contribution < -0.4 is 4.74 Å². The molecule has 0 aliphatic carbocycles. The maximum atomic E-state index is 12.0. The molecule has 90 valence electrons. The zero-order valence-corrected chi connectivity index (χ0v) is 10.6. The number of carboxylic acids is 1. The summed E-state index contributed by atoms with van der Waals surface area (Å²) in [6.45, 7) is -0.0545. The van der Waals surface area contributed by atoms with Crippen molar-refractivity contribution in [3.8, 4) is 5.75 Å². The SMILES string of the molecule is CN1C(=O)c2ccc(Br)cc2OCC1C(=O)O. The molecular formula is C11H10BrNO4. The molecule has 1 amide bonds. The highest BCUT2D eigenvalue weighted by molar-refractivity contribution is 9.10. The molecule has 0 saturated carbocycles. The predicted octanol–water partition coefficient (Wildman–Crippen LogP) is 1.37. The number of amides is 1. The molecule has 1 heterocycles. The standard InChI is InChI=1S/C11H10BrNO4/c1-13-8(11(15)16)5-17-9-4-6(12)2-3-7(9)10(13)14/h2-4,8H,5H2,1H3,(H,15,16). The monoisotopic (exact) mass is 299 g/mol. The molecule has 5 nitrogen and oxygen atoms in total. The first-order valence-corrected chi connectivity index (χ1v) is 5.72. The lowest BCUT2D eigenvalue weighted by molar-refractivity contribution is -0.142. The van der Waals surface area contributed by atoms with E-state index in [1.165, 1.54) is 11.9 Å². The maximum absolute atomic E-state index is 12.0. The van der Waals surface area contributed by atoms with Gasteiger partial charge in [0.05, 0.1) is 5.56 Å². The smallest absolute Gasteiger partial charge is 0.330 e. The topological polar surface area (TPSA) is 66.8 Å². The number of benzene rings is 1. The van der Waals surface area contributed by atoms with Crippen molar-refractivity contribution in [2.75, 3.05) is 13.7 Å². The number of fused-ring (bicyclic) bond motifs is 1. The number of ether oxygens (including phenoxy) is 1. The van der Waals surface area contributed by atoms with E-state index in [2.05, 4.69) is 15.9 Å². The molecule has 1 aromatic carbocycles. The third-order valence-corrected chi connectivity index (χ3v) is 3.14. The highest BCUT2D eigenvalue weighted by atomic mass is 79.9. The van der Waals surface area contributed by atoms with E-state index in [1.807, 2.05) is 0 Å². The summed E-state index contributed by atoms with van der Waals surface area (Å²) in [4.78, 5) is 24.2. The molecule has 0 aromatic heterocycles. The van der Waals surface area contributed by atoms with Crippen LogP contribution >= 0.6 is 15.9 Å². The number of rotatable bonds is 1. The Morgan fingerprint density at radius 1 is 1.59 bits per heavy atom. The predicted molar refractivity (Wildman–Crippen MR) is 63.2 cm³/mol. The molecular weight excluding hydrogens is 290 g/mol. The maximum Gasteiger partial charge on any atom is 0.330 e. The Labute approximate surface area is 106 Å². The van der Waals surface area contributed by atoms with E-state index in [9.17, 15) is 9.59 Å². The lowest BCUT2D eigenvalue weighted by Gasteiger charge is -2.20. The Hall–Kier alpha value is -1.56. The fourth-order valence-corrected chi connectivity index (χ4v) is 1.98. The Kier molecular flexibility index (Phi) is 3.06. The van der Waals surface area contributed by atoms with Gasteiger partial charge in [0.15, 0.2) is 6.04 Å². The number of carbonyl (C=O) groups is 2. The Bertz CT molecular complexity index is 488. The van der Waals surface area contributed by atoms with Crippen LogP contribution in [0.2, 0.25) is 0 Å². The molecule has 1 aliphatic heterocycles. The minimum absolute atomic E-state index is 0.0545. The zero-order chi connectivity index (χ0) is 12.6. The number of aliphatic carboxylic acids is 1. The molecule has 1 aromatic rings. The van der Waals surface area contributed by atoms with Gasteiger partial charge in [0.1, 0.15) is 12.4 Å². The highest BCUT2D eigenvalue weighted by Gasteiger charge is 2.32. The summed E-state index contributed by atoms with van der Waals surface area (Å²) in [5.74, 6) is -1.02. The number of halogens is 1. The van der Waals surface area contributed by atoms with Gasteiger partial charge in [0.2, 0.25) is 0 Å². The Morgan fingerprint density at radius 3 is 2.94 bits per heavy atom. The van der Waals surface area contributed by atoms with Gasteiger partial charge < -0.3 is 14.7 Å². The average Bonchev–Trinajstić information content (AvgIpc) is 2.38. The summed E-state index contributed by atoms with van der Waals surface area (Å²) in [6.07, 6.45) is 0. The minimum Gasteiger partial charge on any atom is -0.490 e. The fourth-order valence-electron chi connectivity index (χ4n) is 1.64. The van der Waals surface area contributed by atoms with Gasteiger partial charge in [-0.3, -0.25) is 4.79 Å². The van der Waals surface area contributed by atoms with Crippen molar-refractivity contribution in [1.29, 1.82) is 0 Å². The molecule has 1 N–H and O–H groups in total. The van der Waals surface area contributed by atoms with Crippen LogP contribution in [0.15, 0.2) is 22.7 Å². The van der Waals surface area contributed by atoms with Crippen molar-refractivity contribution in [3.63, 3.8) is 0 Å². The molecule has 0 saturated heterocycles. The number of hydrogen-bond acceptors (Lipinski definition) is 3. The van der Waals surface area contributed by atoms with Gasteiger partial charge in [-0.2, -0.15) is 0 Å². The van der Waals surface area contributed by atoms with Crippen LogP contribution in [0, 0.1) is 0 Å². The number of carboxylic acid groups (broad SMARTS) is 1. The van der Waals surface area contributed by atoms with Crippen molar-refractivity contribution in [3.05, 3.63) is 28.2 Å². The van der Waals surface area contributed by atoms with Gasteiger partial charge in [-0.1, -0.05) is 15.9 Å². The summed E-state index contributed by atoms with van der Waals surface area (Å²) >= 11 is 3.27. The van der Waals surface area contributed by atoms with Gasteiger partial charge >= 0.3 is 5.97 Å². The van der Waals surface area contributed by atoms with E-state index in [0.29, 0.717) is 11.3 Å². The lowest BCUT2D eigenvalue weighted by Crippen LogP contribution is -2.44. The third-order valence-electron chi connectivity index (χ3n) is 2.64. The molecule has 0 bridgehead atoms. The number of carbonyl (C=O) groups excluding carboxylic acids is 1. The number of hydrogen-bond donors (Lipinski definition) is 1. The number of nitrogens with zero attached hydrogens (tertiary/aromatic N) is 1. The minimum atomic E-state index is -1.08. The fraction of sp³-hybridized carbons (Fsp3) is 0.273. The highest BCUT2D eigenvalue weighted by Crippen LogP contribution is 2.27. The Morgan fingerprint density at radius 2 is 2.29 bits per heavy atom. The van der Waals surface area contributed by atoms with Crippen LogP contribution in [-0.4, -0.2) is 41.6 Å². The van der Waals surface area contributed by atoms with Crippen molar-refractivity contribution in [1.82, 2.24) is 4.90 Å². The first kappa shape index (κ1) is 11.9. The zero-order valence-electron chi connectivity index (χ0n) is 9.01. The van der Waals surface area contributed by atoms with Gasteiger partial charge in [-0.15, -0.1) is 0 Å². The normalized spacial score (nSPS) is 19.3. The van der Waals surface area contributed by atoms with Gasteiger partial charge in [0.25, 0.3) is 5.91 Å². The van der Waals surface area contributed by atoms with E-state index < -0.39 is 12.0 Å². The summed E-state index contributed by atoms with van der Waals surface area (Å²) in [5.41, 5.74) is 0.374. The summed E-state index contributed by atoms with van der Waals surface area (Å²) in [5, 5.41) is 9.00. The van der Waals surface area contributed by atoms with Gasteiger partial charge in [-0.25, -0.2) is 4.79 Å². The van der Waals surface area contributed by atoms with E-state index in [1.54, 1.807) is 18.2 Å². The number of likely N-dealkylation sites (N-methyl/N-ethyl adjacent to an activating group) is 1. The van der Waals surface area contributed by atoms with Crippen LogP contribution in [0.1, 0.15) is 10.4 Å². The first-order valence-electron chi connectivity index (χ1n) is 4.93. The second-order valence-corrected chi connectivity index (χ2v) is 4.64. The van der Waals surface area contributed by atoms with Crippen molar-refractivity contribution < 1.29 is 19.4 Å². The molecule has 0 radical (unpaired) electrons. The lowest BCUT2D eigenvalue weighted by atomic mass is 10.1. The van der Waals surface area contributed by atoms with Crippen molar-refractivity contribution in [2.24, 2.45) is 0 Å². The quantitative estimate of drug-likeness (QED) is 0.850. The van der Waals surface area contributed by atoms with Gasteiger partial charge in [0, 0.05) is 11.5 Å². The average molecular weight is 300 g/mol. The molecule has 2 rings (SSSR count). The molecule has 6 heteroatoms. The van der Waals surface area contributed by atoms with Crippen molar-refractivity contribution in [2.45, 2.75) is 6.04 Å². The van der Waals surface area contributed by atoms with E-state index in [0.717, 1.165) is 4.47 Å². The second kappa shape index (κ2) is 4.37. The van der Waals surface area contributed by atoms with E-state index in [-0.39, 0.29) is 12.5 Å². The van der Waals surface area contributed by atoms with Crippen molar-refractivity contribution >= 4 is 27.8 Å². The first-order chi connectivity index (χ1) is 8.00. The van der Waals surface area contributed by atoms with Crippen LogP contribution in [-0.2, 0) is 4.79 Å². The molecule has 0 fully saturated rings. The molecule has 1 atom stereocenters. The van der Waals surface area contributed by atoms with Crippen LogP contribution in [0.4, 0.5) is 0 Å². The van der Waals surface area contributed by atoms with Crippen LogP contribution in [0.5, 0.6) is 5.75 Å². The van der Waals surface area contributed by atoms with E-state index >= 15 is 0 Å². The van der Waals surface area contributed by atoms with E-state index in [4.69, 9.17) is 9.84 Å². The summed E-state index contributed by atoms with van der Waals surface area (Å²) in [6, 6.07) is 4.02. The second-order valence-electron chi connectivity index (χ2n) is 3.72. The van der Waals surface area contributed by atoms with Crippen LogP contribution in [0.25, 0.3) is 0 Å². The molecule has 17 heavy (non-hydrogen) atoms. The Balaban J connectivity index is 2.44.